The third-order valence-electron chi connectivity index (χ3n) is 8.98. The molecule has 3 aromatic heterocycles. The van der Waals surface area contributed by atoms with Crippen LogP contribution in [0.1, 0.15) is 39.4 Å². The molecule has 1 aliphatic heterocycles. The fourth-order valence-corrected chi connectivity index (χ4v) is 7.00. The largest absolute Gasteiger partial charge is 0.444 e. The maximum absolute atomic E-state index is 14.8. The number of aromatic nitrogens is 4. The monoisotopic (exact) mass is 703 g/mol. The van der Waals surface area contributed by atoms with Gasteiger partial charge >= 0.3 is 6.09 Å². The van der Waals surface area contributed by atoms with Crippen molar-refractivity contribution in [3.63, 3.8) is 0 Å². The molecule has 6 aromatic rings. The fourth-order valence-electron chi connectivity index (χ4n) is 6.60. The van der Waals surface area contributed by atoms with E-state index in [-0.39, 0.29) is 17.1 Å². The van der Waals surface area contributed by atoms with Crippen molar-refractivity contribution in [1.29, 1.82) is 0 Å². The number of para-hydroxylation sites is 1. The first kappa shape index (κ1) is 33.8. The van der Waals surface area contributed by atoms with Gasteiger partial charge in [-0.15, -0.1) is 0 Å². The number of ether oxygens (including phenoxy) is 1. The van der Waals surface area contributed by atoms with E-state index in [1.165, 1.54) is 12.4 Å². The van der Waals surface area contributed by atoms with Crippen LogP contribution in [0, 0.1) is 0 Å². The van der Waals surface area contributed by atoms with Crippen LogP contribution in [0.4, 0.5) is 16.3 Å². The van der Waals surface area contributed by atoms with E-state index in [9.17, 15) is 14.4 Å². The Bertz CT molecular complexity index is 2360. The lowest BCUT2D eigenvalue weighted by Gasteiger charge is -2.36. The van der Waals surface area contributed by atoms with Gasteiger partial charge in [0, 0.05) is 55.2 Å². The first-order valence-electron chi connectivity index (χ1n) is 16.8. The maximum atomic E-state index is 14.8. The van der Waals surface area contributed by atoms with E-state index in [4.69, 9.17) is 16.3 Å². The Morgan fingerprint density at radius 2 is 1.61 bits per heavy atom. The van der Waals surface area contributed by atoms with Crippen LogP contribution in [0.3, 0.4) is 0 Å². The zero-order valence-electron chi connectivity index (χ0n) is 28.8. The number of benzene rings is 3. The Kier molecular flexibility index (Phi) is 8.99. The van der Waals surface area contributed by atoms with Crippen LogP contribution < -0.4 is 21.2 Å². The summed E-state index contributed by atoms with van der Waals surface area (Å²) in [5.74, 6) is 0.331. The number of hydrogen-bond acceptors (Lipinski definition) is 8. The molecule has 1 saturated heterocycles. The number of H-pyrrole nitrogens is 1. The van der Waals surface area contributed by atoms with Crippen molar-refractivity contribution in [2.75, 3.05) is 36.4 Å². The normalized spacial score (nSPS) is 14.1. The molecule has 3 aromatic carbocycles. The quantitative estimate of drug-likeness (QED) is 0.187. The summed E-state index contributed by atoms with van der Waals surface area (Å²) in [7, 11) is 0. The topological polar surface area (TPSA) is 125 Å². The number of carbonyl (C=O) groups is 1. The minimum atomic E-state index is -0.550. The van der Waals surface area contributed by atoms with Crippen molar-refractivity contribution in [2.45, 2.75) is 39.3 Å². The van der Waals surface area contributed by atoms with Crippen molar-refractivity contribution in [3.05, 3.63) is 123 Å². The number of carbonyl (C=O) groups excluding carboxylic acids is 1. The number of aromatic amines is 1. The molecule has 2 N–H and O–H groups in total. The van der Waals surface area contributed by atoms with Gasteiger partial charge in [0.15, 0.2) is 5.43 Å². The standard InChI is InChI=1S/C39H38ClN7O4/c1-24(44-36-32-30(48)17-18-41-35(32)42-23-43-36)34-33(40)29-12-8-11-28(31(29)37(49)47(34)27-9-6-5-7-10-27)25-13-15-26(16-14-25)45-19-21-46(22-20-45)38(50)51-39(2,3)4/h5-18,23-24H,19-22H2,1-4H3,(H2,41,42,43,44,48). The lowest BCUT2D eigenvalue weighted by Crippen LogP contribution is -2.50. The molecule has 1 amide bonds. The van der Waals surface area contributed by atoms with Gasteiger partial charge in [0.1, 0.15) is 28.8 Å². The van der Waals surface area contributed by atoms with Crippen molar-refractivity contribution in [3.8, 4) is 16.8 Å². The van der Waals surface area contributed by atoms with Crippen molar-refractivity contribution < 1.29 is 9.53 Å². The summed E-state index contributed by atoms with van der Waals surface area (Å²) in [6, 6.07) is 24.1. The minimum absolute atomic E-state index is 0.229. The van der Waals surface area contributed by atoms with Crippen LogP contribution in [-0.4, -0.2) is 62.3 Å². The van der Waals surface area contributed by atoms with Crippen molar-refractivity contribution >= 4 is 51.0 Å². The average molecular weight is 704 g/mol. The van der Waals surface area contributed by atoms with Gasteiger partial charge in [-0.3, -0.25) is 14.2 Å². The highest BCUT2D eigenvalue weighted by Gasteiger charge is 2.27. The van der Waals surface area contributed by atoms with E-state index in [0.717, 1.165) is 16.8 Å². The molecule has 7 rings (SSSR count). The number of hydrogen-bond donors (Lipinski definition) is 2. The summed E-state index contributed by atoms with van der Waals surface area (Å²) in [4.78, 5) is 55.7. The van der Waals surface area contributed by atoms with E-state index in [1.54, 1.807) is 15.7 Å². The number of pyridine rings is 2. The number of piperazine rings is 1. The number of nitrogens with zero attached hydrogens (tertiary/aromatic N) is 5. The average Bonchev–Trinajstić information content (AvgIpc) is 3.12. The number of amides is 1. The van der Waals surface area contributed by atoms with Crippen LogP contribution in [0.15, 0.2) is 101 Å². The zero-order chi connectivity index (χ0) is 35.9. The van der Waals surface area contributed by atoms with Crippen LogP contribution >= 0.6 is 11.6 Å². The van der Waals surface area contributed by atoms with Gasteiger partial charge in [-0.1, -0.05) is 60.1 Å². The summed E-state index contributed by atoms with van der Waals surface area (Å²) in [6.45, 7) is 9.98. The van der Waals surface area contributed by atoms with E-state index in [2.05, 4.69) is 25.2 Å². The zero-order valence-corrected chi connectivity index (χ0v) is 29.6. The lowest BCUT2D eigenvalue weighted by molar-refractivity contribution is 0.0240. The molecule has 1 aliphatic rings. The molecule has 4 heterocycles. The molecule has 0 aliphatic carbocycles. The summed E-state index contributed by atoms with van der Waals surface area (Å²) in [6.07, 6.45) is 2.62. The molecule has 0 spiro atoms. The minimum Gasteiger partial charge on any atom is -0.444 e. The van der Waals surface area contributed by atoms with Crippen molar-refractivity contribution in [1.82, 2.24) is 24.4 Å². The molecule has 0 saturated carbocycles. The highest BCUT2D eigenvalue weighted by Crippen LogP contribution is 2.37. The van der Waals surface area contributed by atoms with Gasteiger partial charge in [0.05, 0.1) is 22.1 Å². The SMILES string of the molecule is CC(Nc1ncnc2[nH]ccc(=O)c12)c1c(Cl)c2cccc(-c3ccc(N4CCN(C(=O)OC(C)(C)C)CC4)cc3)c2c(=O)n1-c1ccccc1. The second-order valence-electron chi connectivity index (χ2n) is 13.6. The molecule has 51 heavy (non-hydrogen) atoms. The number of halogens is 1. The Balaban J connectivity index is 1.25. The van der Waals surface area contributed by atoms with Gasteiger partial charge < -0.3 is 24.8 Å². The third-order valence-corrected chi connectivity index (χ3v) is 9.38. The summed E-state index contributed by atoms with van der Waals surface area (Å²) < 4.78 is 7.19. The third kappa shape index (κ3) is 6.64. The molecule has 1 unspecified atom stereocenters. The fraction of sp³-hybridized carbons (Fsp3) is 0.256. The second kappa shape index (κ2) is 13.6. The molecule has 1 atom stereocenters. The lowest BCUT2D eigenvalue weighted by atomic mass is 9.97. The Labute approximate surface area is 299 Å². The van der Waals surface area contributed by atoms with E-state index in [1.807, 2.05) is 100 Å². The maximum Gasteiger partial charge on any atom is 0.410 e. The molecular weight excluding hydrogens is 666 g/mol. The van der Waals surface area contributed by atoms with E-state index >= 15 is 0 Å². The summed E-state index contributed by atoms with van der Waals surface area (Å²) in [5.41, 5.74) is 3.23. The van der Waals surface area contributed by atoms with E-state index < -0.39 is 11.6 Å². The molecule has 0 bridgehead atoms. The number of rotatable bonds is 6. The van der Waals surface area contributed by atoms with Gasteiger partial charge in [-0.2, -0.15) is 0 Å². The van der Waals surface area contributed by atoms with Gasteiger partial charge in [0.2, 0.25) is 0 Å². The Hall–Kier alpha value is -5.68. The number of anilines is 2. The van der Waals surface area contributed by atoms with Crippen LogP contribution in [-0.2, 0) is 4.74 Å². The van der Waals surface area contributed by atoms with Crippen LogP contribution in [0.5, 0.6) is 0 Å². The Morgan fingerprint density at radius 1 is 0.882 bits per heavy atom. The van der Waals surface area contributed by atoms with Gasteiger partial charge in [0.25, 0.3) is 5.56 Å². The predicted octanol–water partition coefficient (Wildman–Crippen LogP) is 7.17. The van der Waals surface area contributed by atoms with Crippen LogP contribution in [0.2, 0.25) is 5.02 Å². The van der Waals surface area contributed by atoms with Crippen LogP contribution in [0.25, 0.3) is 38.6 Å². The van der Waals surface area contributed by atoms with E-state index in [0.29, 0.717) is 70.2 Å². The molecule has 0 radical (unpaired) electrons. The number of nitrogens with one attached hydrogen (secondary N) is 2. The highest BCUT2D eigenvalue weighted by molar-refractivity contribution is 6.36. The Morgan fingerprint density at radius 3 is 2.31 bits per heavy atom. The number of fused-ring (bicyclic) bond motifs is 2. The summed E-state index contributed by atoms with van der Waals surface area (Å²) in [5, 5.41) is 5.16. The second-order valence-corrected chi connectivity index (χ2v) is 13.9. The first-order valence-corrected chi connectivity index (χ1v) is 17.2. The van der Waals surface area contributed by atoms with Gasteiger partial charge in [-0.25, -0.2) is 14.8 Å². The molecule has 11 nitrogen and oxygen atoms in total. The molecule has 260 valence electrons. The molecule has 1 fully saturated rings. The highest BCUT2D eigenvalue weighted by atomic mass is 35.5. The predicted molar refractivity (Wildman–Crippen MR) is 202 cm³/mol. The smallest absolute Gasteiger partial charge is 0.410 e. The van der Waals surface area contributed by atoms with Gasteiger partial charge in [-0.05, 0) is 63.1 Å². The first-order chi connectivity index (χ1) is 24.5. The van der Waals surface area contributed by atoms with Crippen molar-refractivity contribution in [2.24, 2.45) is 0 Å². The molecule has 12 heteroatoms. The summed E-state index contributed by atoms with van der Waals surface area (Å²) >= 11 is 7.29. The molecular formula is C39H38ClN7O4.